The van der Waals surface area contributed by atoms with Gasteiger partial charge in [-0.15, -0.1) is 0 Å². The Balaban J connectivity index is 1.47. The molecule has 0 spiro atoms. The summed E-state index contributed by atoms with van der Waals surface area (Å²) in [6.07, 6.45) is -1.00. The largest absolute Gasteiger partial charge is 0.508 e. The molecule has 72 heavy (non-hydrogen) atoms. The number of benzene rings is 2. The predicted octanol–water partition coefficient (Wildman–Crippen LogP) is -5.04. The monoisotopic (exact) mass is 1010 g/mol. The van der Waals surface area contributed by atoms with E-state index < -0.39 is 152 Å². The van der Waals surface area contributed by atoms with Gasteiger partial charge in [0.1, 0.15) is 48.0 Å². The normalized spacial score (nSPS) is 16.1. The number of amides is 9. The Morgan fingerprint density at radius 3 is 1.83 bits per heavy atom. The molecule has 18 N–H and O–H groups in total. The van der Waals surface area contributed by atoms with Gasteiger partial charge < -0.3 is 84.5 Å². The molecule has 9 amide bonds. The third kappa shape index (κ3) is 16.5. The number of nitrogens with one attached hydrogen (secondary N) is 7. The molecule has 27 heteroatoms. The first-order chi connectivity index (χ1) is 34.1. The molecule has 1 saturated heterocycles. The topological polar surface area (TPSA) is 458 Å². The third-order valence-electron chi connectivity index (χ3n) is 11.5. The number of nitrogens with two attached hydrogens (primary N) is 3. The van der Waals surface area contributed by atoms with Crippen LogP contribution in [-0.4, -0.2) is 169 Å². The van der Waals surface area contributed by atoms with Crippen LogP contribution in [0.1, 0.15) is 56.1 Å². The van der Waals surface area contributed by atoms with Gasteiger partial charge in [0.25, 0.3) is 0 Å². The zero-order chi connectivity index (χ0) is 53.2. The molecule has 1 aromatic heterocycles. The van der Waals surface area contributed by atoms with Crippen molar-refractivity contribution >= 4 is 76.0 Å². The van der Waals surface area contributed by atoms with Crippen LogP contribution in [0.15, 0.2) is 54.7 Å². The first kappa shape index (κ1) is 56.4. The lowest BCUT2D eigenvalue weighted by Gasteiger charge is -2.29. The highest BCUT2D eigenvalue weighted by molar-refractivity contribution is 5.99. The number of phenols is 1. The van der Waals surface area contributed by atoms with E-state index in [9.17, 15) is 78.3 Å². The van der Waals surface area contributed by atoms with Crippen molar-refractivity contribution in [2.75, 3.05) is 19.8 Å². The quantitative estimate of drug-likeness (QED) is 0.0324. The highest BCUT2D eigenvalue weighted by Crippen LogP contribution is 2.22. The maximum atomic E-state index is 13.9. The fourth-order valence-corrected chi connectivity index (χ4v) is 7.68. The lowest BCUT2D eigenvalue weighted by Crippen LogP contribution is -2.61. The smallest absolute Gasteiger partial charge is 0.326 e. The van der Waals surface area contributed by atoms with Gasteiger partial charge in [-0.05, 0) is 55.0 Å². The Kier molecular flexibility index (Phi) is 20.9. The Hall–Kier alpha value is -8.17. The van der Waals surface area contributed by atoms with E-state index in [2.05, 4.69) is 36.9 Å². The minimum Gasteiger partial charge on any atom is -0.508 e. The molecule has 0 saturated carbocycles. The summed E-state index contributed by atoms with van der Waals surface area (Å²) >= 11 is 0. The number of hydrogen-bond donors (Lipinski definition) is 15. The number of nitrogens with zero attached hydrogens (tertiary/aromatic N) is 1. The maximum Gasteiger partial charge on any atom is 0.326 e. The number of H-pyrrole nitrogens is 1. The van der Waals surface area contributed by atoms with E-state index >= 15 is 0 Å². The first-order valence-electron chi connectivity index (χ1n) is 22.6. The van der Waals surface area contributed by atoms with E-state index in [1.807, 2.05) is 0 Å². The Bertz CT molecular complexity index is 2480. The van der Waals surface area contributed by atoms with Gasteiger partial charge in [-0.25, -0.2) is 4.79 Å². The average molecular weight is 1010 g/mol. The molecular formula is C45H59N11O16. The zero-order valence-corrected chi connectivity index (χ0v) is 38.7. The molecule has 3 aromatic rings. The highest BCUT2D eigenvalue weighted by Gasteiger charge is 2.40. The SMILES string of the molecule is NC(=O)CC[C@H](NC(=O)[C@@H](N)CCC(N)=O)C(=O)N[C@@H](Cc1ccc(O)cc1)C(=O)N[C@@H](CC(=O)O)C(=O)N[C@@H](CO)C(=O)N[C@@H](CO)C(=O)N1CCC[C@H]1C(=O)N[C@@H](Cc1c[nH]c2ccccc12)C(=O)O. The molecule has 8 atom stereocenters. The van der Waals surface area contributed by atoms with E-state index in [4.69, 9.17) is 17.2 Å². The summed E-state index contributed by atoms with van der Waals surface area (Å²) in [5, 5.41) is 64.2. The number of para-hydroxylation sites is 1. The van der Waals surface area contributed by atoms with Crippen LogP contribution in [0.2, 0.25) is 0 Å². The number of carboxylic acid groups (broad SMARTS) is 2. The van der Waals surface area contributed by atoms with Crippen LogP contribution >= 0.6 is 0 Å². The summed E-state index contributed by atoms with van der Waals surface area (Å²) in [6.45, 7) is -2.27. The third-order valence-corrected chi connectivity index (χ3v) is 11.5. The van der Waals surface area contributed by atoms with Crippen LogP contribution in [0.5, 0.6) is 5.75 Å². The van der Waals surface area contributed by atoms with Crippen molar-refractivity contribution in [1.82, 2.24) is 41.8 Å². The van der Waals surface area contributed by atoms with Crippen LogP contribution in [0.4, 0.5) is 0 Å². The number of carbonyl (C=O) groups excluding carboxylic acids is 9. The van der Waals surface area contributed by atoms with Crippen LogP contribution < -0.4 is 49.1 Å². The Morgan fingerprint density at radius 1 is 0.653 bits per heavy atom. The Morgan fingerprint density at radius 2 is 1.21 bits per heavy atom. The number of aromatic hydroxyl groups is 1. The van der Waals surface area contributed by atoms with Crippen molar-refractivity contribution < 1.29 is 78.3 Å². The van der Waals surface area contributed by atoms with Crippen molar-refractivity contribution in [3.63, 3.8) is 0 Å². The van der Waals surface area contributed by atoms with E-state index in [1.165, 1.54) is 24.3 Å². The molecule has 390 valence electrons. The van der Waals surface area contributed by atoms with Crippen molar-refractivity contribution in [1.29, 1.82) is 0 Å². The van der Waals surface area contributed by atoms with Gasteiger partial charge in [-0.1, -0.05) is 30.3 Å². The van der Waals surface area contributed by atoms with E-state index in [1.54, 1.807) is 30.5 Å². The molecule has 0 aliphatic carbocycles. The summed E-state index contributed by atoms with van der Waals surface area (Å²) in [7, 11) is 0. The van der Waals surface area contributed by atoms with Crippen LogP contribution in [0.25, 0.3) is 10.9 Å². The van der Waals surface area contributed by atoms with E-state index in [-0.39, 0.29) is 44.4 Å². The molecule has 2 heterocycles. The number of carbonyl (C=O) groups is 11. The van der Waals surface area contributed by atoms with Crippen molar-refractivity contribution in [2.45, 2.75) is 106 Å². The molecule has 4 rings (SSSR count). The minimum absolute atomic E-state index is 0.0381. The van der Waals surface area contributed by atoms with Crippen LogP contribution in [0, 0.1) is 0 Å². The molecule has 0 radical (unpaired) electrons. The summed E-state index contributed by atoms with van der Waals surface area (Å²) in [4.78, 5) is 146. The maximum absolute atomic E-state index is 13.9. The molecular weight excluding hydrogens is 951 g/mol. The van der Waals surface area contributed by atoms with Gasteiger partial charge in [0.2, 0.25) is 53.2 Å². The number of phenolic OH excluding ortho intramolecular Hbond substituents is 1. The number of hydrogen-bond acceptors (Lipinski definition) is 15. The summed E-state index contributed by atoms with van der Waals surface area (Å²) in [5.74, 6) is -12.5. The number of primary amides is 2. The van der Waals surface area contributed by atoms with Crippen molar-refractivity contribution in [3.8, 4) is 5.75 Å². The second kappa shape index (κ2) is 26.7. The number of aliphatic hydroxyl groups excluding tert-OH is 2. The van der Waals surface area contributed by atoms with Crippen molar-refractivity contribution in [3.05, 3.63) is 65.9 Å². The molecule has 0 bridgehead atoms. The van der Waals surface area contributed by atoms with Gasteiger partial charge in [0.05, 0.1) is 25.7 Å². The van der Waals surface area contributed by atoms with Gasteiger partial charge in [0.15, 0.2) is 0 Å². The fourth-order valence-electron chi connectivity index (χ4n) is 7.68. The number of fused-ring (bicyclic) bond motifs is 1. The zero-order valence-electron chi connectivity index (χ0n) is 38.7. The minimum atomic E-state index is -2.03. The Labute approximate surface area is 410 Å². The number of carboxylic acids is 2. The lowest BCUT2D eigenvalue weighted by molar-refractivity contribution is -0.145. The highest BCUT2D eigenvalue weighted by atomic mass is 16.4. The van der Waals surface area contributed by atoms with Crippen LogP contribution in [0.3, 0.4) is 0 Å². The van der Waals surface area contributed by atoms with E-state index in [0.29, 0.717) is 11.1 Å². The van der Waals surface area contributed by atoms with Gasteiger partial charge in [-0.2, -0.15) is 0 Å². The summed E-state index contributed by atoms with van der Waals surface area (Å²) in [5.41, 5.74) is 17.9. The lowest BCUT2D eigenvalue weighted by atomic mass is 10.0. The summed E-state index contributed by atoms with van der Waals surface area (Å²) < 4.78 is 0. The molecule has 1 aliphatic heterocycles. The number of aliphatic carboxylic acids is 2. The fraction of sp³-hybridized carbons (Fsp3) is 0.444. The summed E-state index contributed by atoms with van der Waals surface area (Å²) in [6, 6.07) is -0.656. The second-order valence-corrected chi connectivity index (χ2v) is 16.9. The second-order valence-electron chi connectivity index (χ2n) is 16.9. The van der Waals surface area contributed by atoms with Gasteiger partial charge >= 0.3 is 11.9 Å². The van der Waals surface area contributed by atoms with E-state index in [0.717, 1.165) is 15.8 Å². The molecule has 27 nitrogen and oxygen atoms in total. The average Bonchev–Trinajstić information content (AvgIpc) is 4.00. The van der Waals surface area contributed by atoms with Gasteiger partial charge in [0, 0.05) is 49.3 Å². The standard InChI is InChI=1S/C45H59N11O16/c46-26(11-13-35(47)60)38(64)50-28(12-14-36(48)61)39(65)51-29(16-22-7-9-24(59)10-8-22)40(66)52-30(18-37(62)63)41(67)54-32(20-57)42(68)55-33(21-58)44(70)56-15-3-6-34(56)43(69)53-31(45(71)72)17-23-19-49-27-5-2-1-4-25(23)27/h1-2,4-5,7-10,19,26,28-34,49,57-59H,3,6,11-18,20-21,46H2,(H2,47,60)(H2,48,61)(H,50,64)(H,51,65)(H,52,66)(H,53,69)(H,54,67)(H,55,68)(H,62,63)(H,71,72)/t26-,28-,29-,30-,31-,32-,33-,34-/m0/s1. The first-order valence-corrected chi connectivity index (χ1v) is 22.6. The van der Waals surface area contributed by atoms with Gasteiger partial charge in [-0.3, -0.25) is 47.9 Å². The number of aromatic nitrogens is 1. The predicted molar refractivity (Wildman–Crippen MR) is 249 cm³/mol. The van der Waals surface area contributed by atoms with Crippen molar-refractivity contribution in [2.24, 2.45) is 17.2 Å². The number of aliphatic hydroxyl groups is 2. The number of likely N-dealkylation sites (tertiary alicyclic amines) is 1. The number of rotatable bonds is 28. The molecule has 1 fully saturated rings. The molecule has 1 aliphatic rings. The number of aromatic amines is 1. The van der Waals surface area contributed by atoms with Crippen LogP contribution in [-0.2, 0) is 65.6 Å². The molecule has 0 unspecified atom stereocenters. The molecule has 2 aromatic carbocycles.